The molecule has 2 aliphatic heterocycles. The monoisotopic (exact) mass is 468 g/mol. The van der Waals surface area contributed by atoms with Crippen molar-refractivity contribution in [3.05, 3.63) is 53.8 Å². The van der Waals surface area contributed by atoms with Crippen molar-refractivity contribution in [3.8, 4) is 16.9 Å². The van der Waals surface area contributed by atoms with Crippen LogP contribution in [-0.4, -0.2) is 98.1 Å². The molecule has 3 amide bonds. The van der Waals surface area contributed by atoms with Gasteiger partial charge in [-0.05, 0) is 62.3 Å². The molecule has 2 aromatic carbocycles. The van der Waals surface area contributed by atoms with Crippen LogP contribution >= 0.6 is 0 Å². The first-order chi connectivity index (χ1) is 16.3. The van der Waals surface area contributed by atoms with Gasteiger partial charge in [0.25, 0.3) is 5.91 Å². The molecule has 7 nitrogen and oxygen atoms in total. The highest BCUT2D eigenvalue weighted by molar-refractivity contribution is 5.95. The summed E-state index contributed by atoms with van der Waals surface area (Å²) in [5.41, 5.74) is 1.58. The first kappa shape index (κ1) is 24.0. The lowest BCUT2D eigenvalue weighted by Crippen LogP contribution is -2.45. The van der Waals surface area contributed by atoms with Crippen molar-refractivity contribution in [1.82, 2.24) is 19.6 Å². The summed E-state index contributed by atoms with van der Waals surface area (Å²) in [6, 6.07) is 12.3. The van der Waals surface area contributed by atoms with E-state index >= 15 is 0 Å². The van der Waals surface area contributed by atoms with Gasteiger partial charge in [0.1, 0.15) is 11.6 Å². The van der Waals surface area contributed by atoms with Gasteiger partial charge in [0, 0.05) is 39.3 Å². The van der Waals surface area contributed by atoms with E-state index in [1.807, 2.05) is 48.2 Å². The van der Waals surface area contributed by atoms with Crippen LogP contribution in [0.3, 0.4) is 0 Å². The topological polar surface area (TPSA) is 56.3 Å². The summed E-state index contributed by atoms with van der Waals surface area (Å²) in [6.45, 7) is 2.55. The molecular weight excluding hydrogens is 435 g/mol. The number of ether oxygens (including phenoxy) is 1. The van der Waals surface area contributed by atoms with Crippen LogP contribution in [0.5, 0.6) is 5.75 Å². The molecule has 0 radical (unpaired) electrons. The highest BCUT2D eigenvalue weighted by Gasteiger charge is 2.36. The lowest BCUT2D eigenvalue weighted by atomic mass is 10.0. The largest absolute Gasteiger partial charge is 0.497 e. The second-order valence-electron chi connectivity index (χ2n) is 9.36. The predicted molar refractivity (Wildman–Crippen MR) is 130 cm³/mol. The summed E-state index contributed by atoms with van der Waals surface area (Å²) in [6.07, 6.45) is 1.66. The van der Waals surface area contributed by atoms with Crippen LogP contribution in [-0.2, 0) is 0 Å². The quantitative estimate of drug-likeness (QED) is 0.675. The highest BCUT2D eigenvalue weighted by atomic mass is 19.1. The fraction of sp³-hybridized carbons (Fsp3) is 0.462. The number of urea groups is 1. The number of halogens is 1. The number of nitrogens with zero attached hydrogens (tertiary/aromatic N) is 4. The number of amides is 3. The number of hydrogen-bond donors (Lipinski definition) is 0. The molecule has 2 heterocycles. The summed E-state index contributed by atoms with van der Waals surface area (Å²) in [5.74, 6) is -0.196. The van der Waals surface area contributed by atoms with E-state index in [1.54, 1.807) is 25.1 Å². The second-order valence-corrected chi connectivity index (χ2v) is 9.36. The van der Waals surface area contributed by atoms with Crippen molar-refractivity contribution in [3.63, 3.8) is 0 Å². The Morgan fingerprint density at radius 1 is 0.912 bits per heavy atom. The molecule has 0 saturated carbocycles. The van der Waals surface area contributed by atoms with Crippen molar-refractivity contribution in [2.75, 3.05) is 54.4 Å². The third-order valence-electron chi connectivity index (χ3n) is 7.09. The smallest absolute Gasteiger partial charge is 0.320 e. The van der Waals surface area contributed by atoms with Crippen LogP contribution in [0.25, 0.3) is 11.1 Å². The summed E-state index contributed by atoms with van der Waals surface area (Å²) in [5, 5.41) is 0. The van der Waals surface area contributed by atoms with Gasteiger partial charge in [0.2, 0.25) is 0 Å². The third-order valence-corrected chi connectivity index (χ3v) is 7.09. The molecule has 8 heteroatoms. The molecular formula is C26H33FN4O3. The maximum absolute atomic E-state index is 14.9. The lowest BCUT2D eigenvalue weighted by Gasteiger charge is -2.28. The first-order valence-corrected chi connectivity index (χ1v) is 11.7. The summed E-state index contributed by atoms with van der Waals surface area (Å²) in [7, 11) is 7.36. The van der Waals surface area contributed by atoms with E-state index in [-0.39, 0.29) is 23.5 Å². The van der Waals surface area contributed by atoms with Crippen LogP contribution in [0.2, 0.25) is 0 Å². The maximum Gasteiger partial charge on any atom is 0.320 e. The lowest BCUT2D eigenvalue weighted by molar-refractivity contribution is 0.0730. The summed E-state index contributed by atoms with van der Waals surface area (Å²) in [4.78, 5) is 33.5. The van der Waals surface area contributed by atoms with Gasteiger partial charge >= 0.3 is 6.03 Å². The van der Waals surface area contributed by atoms with E-state index in [0.717, 1.165) is 30.8 Å². The third kappa shape index (κ3) is 4.87. The Kier molecular flexibility index (Phi) is 7.07. The van der Waals surface area contributed by atoms with Gasteiger partial charge in [-0.2, -0.15) is 0 Å². The van der Waals surface area contributed by atoms with Gasteiger partial charge in [0.15, 0.2) is 0 Å². The van der Waals surface area contributed by atoms with Crippen LogP contribution < -0.4 is 4.74 Å². The zero-order chi connectivity index (χ0) is 24.4. The minimum Gasteiger partial charge on any atom is -0.497 e. The highest BCUT2D eigenvalue weighted by Crippen LogP contribution is 2.26. The Balaban J connectivity index is 1.39. The number of methoxy groups -OCH3 is 1. The van der Waals surface area contributed by atoms with Gasteiger partial charge in [-0.3, -0.25) is 4.79 Å². The average molecular weight is 469 g/mol. The summed E-state index contributed by atoms with van der Waals surface area (Å²) >= 11 is 0. The number of carbonyl (C=O) groups is 2. The van der Waals surface area contributed by atoms with Crippen LogP contribution in [0.1, 0.15) is 23.2 Å². The Morgan fingerprint density at radius 2 is 1.50 bits per heavy atom. The molecule has 2 aliphatic rings. The zero-order valence-electron chi connectivity index (χ0n) is 20.3. The Labute approximate surface area is 200 Å². The number of benzene rings is 2. The number of rotatable bonds is 5. The predicted octanol–water partition coefficient (Wildman–Crippen LogP) is 3.40. The van der Waals surface area contributed by atoms with Gasteiger partial charge in [-0.15, -0.1) is 0 Å². The van der Waals surface area contributed by atoms with Crippen molar-refractivity contribution in [1.29, 1.82) is 0 Å². The fourth-order valence-electron chi connectivity index (χ4n) is 4.78. The van der Waals surface area contributed by atoms with Crippen molar-refractivity contribution < 1.29 is 18.7 Å². The van der Waals surface area contributed by atoms with Gasteiger partial charge in [-0.25, -0.2) is 9.18 Å². The van der Waals surface area contributed by atoms with Crippen molar-refractivity contribution >= 4 is 11.9 Å². The molecule has 2 atom stereocenters. The minimum atomic E-state index is -0.553. The van der Waals surface area contributed by atoms with Crippen LogP contribution in [0.4, 0.5) is 9.18 Å². The van der Waals surface area contributed by atoms with E-state index in [0.29, 0.717) is 31.1 Å². The Hall–Kier alpha value is -3.13. The van der Waals surface area contributed by atoms with E-state index in [9.17, 15) is 14.0 Å². The molecule has 4 rings (SSSR count). The molecule has 2 fully saturated rings. The molecule has 182 valence electrons. The van der Waals surface area contributed by atoms with Crippen molar-refractivity contribution in [2.24, 2.45) is 0 Å². The molecule has 34 heavy (non-hydrogen) atoms. The van der Waals surface area contributed by atoms with Gasteiger partial charge in [-0.1, -0.05) is 18.2 Å². The normalized spacial score (nSPS) is 20.2. The molecule has 0 unspecified atom stereocenters. The van der Waals surface area contributed by atoms with E-state index in [2.05, 4.69) is 4.90 Å². The van der Waals surface area contributed by atoms with E-state index < -0.39 is 5.82 Å². The molecule has 0 N–H and O–H groups in total. The number of likely N-dealkylation sites (N-methyl/N-ethyl adjacent to an activating group) is 2. The maximum atomic E-state index is 14.9. The molecule has 0 spiro atoms. The number of hydrogen-bond acceptors (Lipinski definition) is 4. The molecule has 0 bridgehead atoms. The summed E-state index contributed by atoms with van der Waals surface area (Å²) < 4.78 is 20.1. The molecule has 2 saturated heterocycles. The average Bonchev–Trinajstić information content (AvgIpc) is 3.53. The van der Waals surface area contributed by atoms with Gasteiger partial charge in [0.05, 0.1) is 18.7 Å². The molecule has 2 aromatic rings. The Bertz CT molecular complexity index is 1040. The van der Waals surface area contributed by atoms with Gasteiger partial charge < -0.3 is 24.3 Å². The zero-order valence-corrected chi connectivity index (χ0v) is 20.3. The van der Waals surface area contributed by atoms with Crippen LogP contribution in [0.15, 0.2) is 42.5 Å². The van der Waals surface area contributed by atoms with E-state index in [1.165, 1.54) is 12.1 Å². The SMILES string of the molecule is COc1ccc(-c2ccc(C(=O)N(C)[C@H]3CCN(C(=O)N4CC[C@@H](N(C)C)C4)C3)c(F)c2)cc1. The second kappa shape index (κ2) is 10.0. The van der Waals surface area contributed by atoms with Crippen LogP contribution in [0, 0.1) is 5.82 Å². The molecule has 0 aliphatic carbocycles. The minimum absolute atomic E-state index is 0.0303. The Morgan fingerprint density at radius 3 is 2.06 bits per heavy atom. The molecule has 0 aromatic heterocycles. The van der Waals surface area contributed by atoms with Crippen molar-refractivity contribution in [2.45, 2.75) is 24.9 Å². The van der Waals surface area contributed by atoms with E-state index in [4.69, 9.17) is 4.74 Å². The fourth-order valence-corrected chi connectivity index (χ4v) is 4.78. The number of likely N-dealkylation sites (tertiary alicyclic amines) is 2. The number of carbonyl (C=O) groups excluding carboxylic acids is 2. The standard InChI is InChI=1S/C26H33FN4O3/c1-28(2)20-11-13-30(16-20)26(33)31-14-12-21(17-31)29(3)25(32)23-10-7-19(15-24(23)27)18-5-8-22(34-4)9-6-18/h5-10,15,20-21H,11-14,16-17H2,1-4H3/t20-,21+/m1/s1. The first-order valence-electron chi connectivity index (χ1n) is 11.7.